The van der Waals surface area contributed by atoms with Crippen LogP contribution in [0.25, 0.3) is 0 Å². The van der Waals surface area contributed by atoms with E-state index < -0.39 is 0 Å². The summed E-state index contributed by atoms with van der Waals surface area (Å²) < 4.78 is 5.14. The van der Waals surface area contributed by atoms with Crippen LogP contribution >= 0.6 is 11.6 Å². The average Bonchev–Trinajstić information content (AvgIpc) is 2.68. The van der Waals surface area contributed by atoms with Gasteiger partial charge in [0, 0.05) is 31.5 Å². The SMILES string of the molecule is COc1ccc([C@H]2C[C@@H](C)CN(C(C)C(=O)Nc3ccc(Cl)cn3)C2)cn1. The highest BCUT2D eigenvalue weighted by molar-refractivity contribution is 6.30. The molecule has 1 N–H and O–H groups in total. The van der Waals surface area contributed by atoms with Crippen molar-refractivity contribution in [3.05, 3.63) is 47.2 Å². The van der Waals surface area contributed by atoms with Crippen LogP contribution in [-0.2, 0) is 4.79 Å². The standard InChI is InChI=1S/C20H25ClN4O2/c1-13-8-16(15-4-7-19(27-3)23-9-15)12-25(11-13)14(2)20(26)24-18-6-5-17(21)10-22-18/h4-7,9-10,13-14,16H,8,11-12H2,1-3H3,(H,22,24,26)/t13-,14?,16+/m1/s1. The number of aromatic nitrogens is 2. The van der Waals surface area contributed by atoms with Crippen molar-refractivity contribution in [2.45, 2.75) is 32.2 Å². The molecule has 1 aliphatic heterocycles. The highest BCUT2D eigenvalue weighted by atomic mass is 35.5. The molecule has 7 heteroatoms. The number of methoxy groups -OCH3 is 1. The van der Waals surface area contributed by atoms with Crippen LogP contribution in [0.3, 0.4) is 0 Å². The zero-order valence-electron chi connectivity index (χ0n) is 15.9. The molecule has 27 heavy (non-hydrogen) atoms. The fraction of sp³-hybridized carbons (Fsp3) is 0.450. The number of halogens is 1. The fourth-order valence-corrected chi connectivity index (χ4v) is 3.66. The molecule has 0 saturated carbocycles. The van der Waals surface area contributed by atoms with E-state index in [1.165, 1.54) is 11.8 Å². The summed E-state index contributed by atoms with van der Waals surface area (Å²) in [5.41, 5.74) is 1.18. The van der Waals surface area contributed by atoms with E-state index in [1.807, 2.05) is 19.2 Å². The maximum Gasteiger partial charge on any atom is 0.242 e. The predicted molar refractivity (Wildman–Crippen MR) is 106 cm³/mol. The lowest BCUT2D eigenvalue weighted by Crippen LogP contribution is -2.48. The first-order chi connectivity index (χ1) is 13.0. The van der Waals surface area contributed by atoms with Crippen LogP contribution in [0.15, 0.2) is 36.7 Å². The van der Waals surface area contributed by atoms with Crippen LogP contribution in [0.2, 0.25) is 5.02 Å². The maximum absolute atomic E-state index is 12.7. The molecule has 0 aromatic carbocycles. The number of hydrogen-bond acceptors (Lipinski definition) is 5. The van der Waals surface area contributed by atoms with Crippen LogP contribution in [0.5, 0.6) is 5.88 Å². The van der Waals surface area contributed by atoms with Crippen molar-refractivity contribution >= 4 is 23.3 Å². The number of carbonyl (C=O) groups is 1. The lowest BCUT2D eigenvalue weighted by Gasteiger charge is -2.39. The molecule has 3 heterocycles. The Balaban J connectivity index is 1.66. The van der Waals surface area contributed by atoms with Gasteiger partial charge in [-0.25, -0.2) is 9.97 Å². The van der Waals surface area contributed by atoms with Gasteiger partial charge in [0.15, 0.2) is 0 Å². The van der Waals surface area contributed by atoms with Gasteiger partial charge in [0.05, 0.1) is 18.2 Å². The number of pyridine rings is 2. The number of ether oxygens (including phenoxy) is 1. The van der Waals surface area contributed by atoms with Crippen LogP contribution in [-0.4, -0.2) is 47.0 Å². The first kappa shape index (κ1) is 19.6. The minimum Gasteiger partial charge on any atom is -0.481 e. The molecule has 0 spiro atoms. The minimum atomic E-state index is -0.251. The fourth-order valence-electron chi connectivity index (χ4n) is 3.55. The molecule has 3 atom stereocenters. The van der Waals surface area contributed by atoms with Gasteiger partial charge in [-0.2, -0.15) is 0 Å². The highest BCUT2D eigenvalue weighted by Gasteiger charge is 2.31. The van der Waals surface area contributed by atoms with Crippen LogP contribution in [0, 0.1) is 5.92 Å². The second-order valence-electron chi connectivity index (χ2n) is 7.15. The number of hydrogen-bond donors (Lipinski definition) is 1. The number of nitrogens with zero attached hydrogens (tertiary/aromatic N) is 3. The molecule has 144 valence electrons. The van der Waals surface area contributed by atoms with E-state index in [9.17, 15) is 4.79 Å². The summed E-state index contributed by atoms with van der Waals surface area (Å²) in [5, 5.41) is 3.41. The highest BCUT2D eigenvalue weighted by Crippen LogP contribution is 2.31. The Morgan fingerprint density at radius 1 is 1.26 bits per heavy atom. The van der Waals surface area contributed by atoms with Gasteiger partial charge in [0.1, 0.15) is 5.82 Å². The van der Waals surface area contributed by atoms with Gasteiger partial charge in [-0.1, -0.05) is 24.6 Å². The third-order valence-electron chi connectivity index (χ3n) is 5.03. The first-order valence-corrected chi connectivity index (χ1v) is 9.50. The molecule has 1 saturated heterocycles. The molecule has 1 unspecified atom stereocenters. The number of amides is 1. The number of carbonyl (C=O) groups excluding carboxylic acids is 1. The van der Waals surface area contributed by atoms with Gasteiger partial charge in [-0.05, 0) is 42.9 Å². The van der Waals surface area contributed by atoms with E-state index in [4.69, 9.17) is 16.3 Å². The van der Waals surface area contributed by atoms with Crippen molar-refractivity contribution in [1.29, 1.82) is 0 Å². The molecule has 1 aliphatic rings. The second kappa shape index (κ2) is 8.67. The van der Waals surface area contributed by atoms with Crippen LogP contribution < -0.4 is 10.1 Å². The lowest BCUT2D eigenvalue weighted by atomic mass is 9.85. The molecule has 2 aromatic heterocycles. The van der Waals surface area contributed by atoms with Gasteiger partial charge in [-0.15, -0.1) is 0 Å². The molecule has 0 aliphatic carbocycles. The number of nitrogens with one attached hydrogen (secondary N) is 1. The molecule has 0 radical (unpaired) electrons. The molecule has 0 bridgehead atoms. The molecule has 3 rings (SSSR count). The summed E-state index contributed by atoms with van der Waals surface area (Å²) in [7, 11) is 1.61. The maximum atomic E-state index is 12.7. The van der Waals surface area contributed by atoms with E-state index in [-0.39, 0.29) is 11.9 Å². The Labute approximate surface area is 164 Å². The Hall–Kier alpha value is -2.18. The van der Waals surface area contributed by atoms with E-state index in [0.29, 0.717) is 28.6 Å². The Morgan fingerprint density at radius 2 is 2.07 bits per heavy atom. The van der Waals surface area contributed by atoms with Crippen molar-refractivity contribution < 1.29 is 9.53 Å². The third-order valence-corrected chi connectivity index (χ3v) is 5.26. The van der Waals surface area contributed by atoms with Crippen molar-refractivity contribution in [1.82, 2.24) is 14.9 Å². The Bertz CT molecular complexity index is 767. The summed E-state index contributed by atoms with van der Waals surface area (Å²) in [5.74, 6) is 1.90. The van der Waals surface area contributed by atoms with Crippen LogP contribution in [0.4, 0.5) is 5.82 Å². The monoisotopic (exact) mass is 388 g/mol. The van der Waals surface area contributed by atoms with Crippen molar-refractivity contribution in [2.24, 2.45) is 5.92 Å². The summed E-state index contributed by atoms with van der Waals surface area (Å²) in [6, 6.07) is 7.12. The predicted octanol–water partition coefficient (Wildman–Crippen LogP) is 3.59. The van der Waals surface area contributed by atoms with Gasteiger partial charge in [0.25, 0.3) is 0 Å². The van der Waals surface area contributed by atoms with E-state index in [0.717, 1.165) is 19.5 Å². The zero-order chi connectivity index (χ0) is 19.4. The lowest BCUT2D eigenvalue weighted by molar-refractivity contribution is -0.121. The summed E-state index contributed by atoms with van der Waals surface area (Å²) in [6.07, 6.45) is 4.48. The zero-order valence-corrected chi connectivity index (χ0v) is 16.6. The minimum absolute atomic E-state index is 0.0643. The summed E-state index contributed by atoms with van der Waals surface area (Å²) in [6.45, 7) is 5.87. The molecular formula is C20H25ClN4O2. The van der Waals surface area contributed by atoms with E-state index in [2.05, 4.69) is 33.2 Å². The quantitative estimate of drug-likeness (QED) is 0.847. The number of anilines is 1. The smallest absolute Gasteiger partial charge is 0.242 e. The molecule has 6 nitrogen and oxygen atoms in total. The summed E-state index contributed by atoms with van der Waals surface area (Å²) >= 11 is 5.85. The molecule has 1 fully saturated rings. The first-order valence-electron chi connectivity index (χ1n) is 9.12. The van der Waals surface area contributed by atoms with Crippen molar-refractivity contribution in [3.63, 3.8) is 0 Å². The Kier molecular flexibility index (Phi) is 6.29. The largest absolute Gasteiger partial charge is 0.481 e. The van der Waals surface area contributed by atoms with E-state index in [1.54, 1.807) is 19.2 Å². The topological polar surface area (TPSA) is 67.3 Å². The normalized spacial score (nSPS) is 21.5. The van der Waals surface area contributed by atoms with E-state index >= 15 is 0 Å². The third kappa shape index (κ3) is 4.96. The number of likely N-dealkylation sites (tertiary alicyclic amines) is 1. The van der Waals surface area contributed by atoms with Gasteiger partial charge < -0.3 is 10.1 Å². The van der Waals surface area contributed by atoms with Gasteiger partial charge in [0.2, 0.25) is 11.8 Å². The Morgan fingerprint density at radius 3 is 2.70 bits per heavy atom. The molecular weight excluding hydrogens is 364 g/mol. The number of rotatable bonds is 5. The van der Waals surface area contributed by atoms with Crippen LogP contribution in [0.1, 0.15) is 31.7 Å². The van der Waals surface area contributed by atoms with Gasteiger partial charge in [-0.3, -0.25) is 9.69 Å². The molecule has 2 aromatic rings. The summed E-state index contributed by atoms with van der Waals surface area (Å²) in [4.78, 5) is 23.4. The second-order valence-corrected chi connectivity index (χ2v) is 7.59. The molecule has 1 amide bonds. The van der Waals surface area contributed by atoms with Crippen molar-refractivity contribution in [2.75, 3.05) is 25.5 Å². The number of piperidine rings is 1. The van der Waals surface area contributed by atoms with Gasteiger partial charge >= 0.3 is 0 Å². The van der Waals surface area contributed by atoms with Crippen molar-refractivity contribution in [3.8, 4) is 5.88 Å². The average molecular weight is 389 g/mol.